The molecule has 1 aliphatic heterocycles. The molecule has 7 nitrogen and oxygen atoms in total. The van der Waals surface area contributed by atoms with Gasteiger partial charge in [0.05, 0.1) is 12.6 Å². The summed E-state index contributed by atoms with van der Waals surface area (Å²) in [6.07, 6.45) is 2.50. The van der Waals surface area contributed by atoms with Crippen LogP contribution in [-0.2, 0) is 9.53 Å². The summed E-state index contributed by atoms with van der Waals surface area (Å²) in [4.78, 5) is 20.3. The number of nitrogens with one attached hydrogen (secondary N) is 3. The fraction of sp³-hybridized carbons (Fsp3) is 0.700. The summed E-state index contributed by atoms with van der Waals surface area (Å²) >= 11 is 1.80. The van der Waals surface area contributed by atoms with E-state index in [-0.39, 0.29) is 12.5 Å². The molecular weight excluding hydrogens is 374 g/mol. The Balaban J connectivity index is 1.93. The molecule has 28 heavy (non-hydrogen) atoms. The molecule has 1 fully saturated rings. The molecule has 8 heteroatoms. The Morgan fingerprint density at radius 2 is 2.14 bits per heavy atom. The van der Waals surface area contributed by atoms with E-state index in [9.17, 15) is 4.79 Å². The zero-order valence-corrected chi connectivity index (χ0v) is 18.2. The summed E-state index contributed by atoms with van der Waals surface area (Å²) in [6.45, 7) is 9.25. The molecule has 2 heterocycles. The number of hydrogen-bond donors (Lipinski definition) is 3. The molecule has 0 bridgehead atoms. The van der Waals surface area contributed by atoms with Gasteiger partial charge in [0.2, 0.25) is 5.91 Å². The van der Waals surface area contributed by atoms with Crippen LogP contribution in [0.3, 0.4) is 0 Å². The Morgan fingerprint density at radius 1 is 1.36 bits per heavy atom. The highest BCUT2D eigenvalue weighted by molar-refractivity contribution is 7.10. The van der Waals surface area contributed by atoms with Gasteiger partial charge in [-0.15, -0.1) is 11.3 Å². The monoisotopic (exact) mass is 409 g/mol. The van der Waals surface area contributed by atoms with E-state index in [1.54, 1.807) is 18.4 Å². The third kappa shape index (κ3) is 7.77. The molecule has 0 aliphatic carbocycles. The number of amides is 1. The normalized spacial score (nSPS) is 17.3. The number of likely N-dealkylation sites (tertiary alicyclic amines) is 1. The van der Waals surface area contributed by atoms with Crippen molar-refractivity contribution >= 4 is 23.2 Å². The average Bonchev–Trinajstić information content (AvgIpc) is 3.22. The summed E-state index contributed by atoms with van der Waals surface area (Å²) in [6, 6.07) is 4.65. The lowest BCUT2D eigenvalue weighted by atomic mass is 9.97. The van der Waals surface area contributed by atoms with Crippen LogP contribution in [0, 0.1) is 5.92 Å². The van der Waals surface area contributed by atoms with Gasteiger partial charge in [-0.1, -0.05) is 13.0 Å². The molecule has 1 unspecified atom stereocenters. The molecule has 1 aromatic heterocycles. The zero-order chi connectivity index (χ0) is 20.2. The minimum atomic E-state index is -0.103. The number of thiophene rings is 1. The van der Waals surface area contributed by atoms with Crippen LogP contribution in [0.25, 0.3) is 0 Å². The predicted molar refractivity (Wildman–Crippen MR) is 116 cm³/mol. The first kappa shape index (κ1) is 22.6. The van der Waals surface area contributed by atoms with Crippen molar-refractivity contribution in [3.8, 4) is 0 Å². The van der Waals surface area contributed by atoms with Gasteiger partial charge < -0.3 is 20.7 Å². The van der Waals surface area contributed by atoms with Crippen molar-refractivity contribution in [1.29, 1.82) is 0 Å². The Hall–Kier alpha value is -1.64. The summed E-state index contributed by atoms with van der Waals surface area (Å²) in [5.74, 6) is 1.38. The maximum Gasteiger partial charge on any atom is 0.241 e. The van der Waals surface area contributed by atoms with Gasteiger partial charge in [-0.3, -0.25) is 9.69 Å². The van der Waals surface area contributed by atoms with Gasteiger partial charge in [0.25, 0.3) is 0 Å². The van der Waals surface area contributed by atoms with E-state index in [1.807, 2.05) is 6.92 Å². The van der Waals surface area contributed by atoms with Crippen molar-refractivity contribution in [3.05, 3.63) is 22.4 Å². The number of carbonyl (C=O) groups is 1. The topological polar surface area (TPSA) is 78.0 Å². The summed E-state index contributed by atoms with van der Waals surface area (Å²) in [7, 11) is 1.62. The first-order chi connectivity index (χ1) is 13.6. The number of ether oxygens (including phenoxy) is 1. The Morgan fingerprint density at radius 3 is 2.79 bits per heavy atom. The maximum atomic E-state index is 11.9. The van der Waals surface area contributed by atoms with Gasteiger partial charge >= 0.3 is 0 Å². The van der Waals surface area contributed by atoms with Crippen LogP contribution in [0.5, 0.6) is 0 Å². The minimum absolute atomic E-state index is 0.101. The zero-order valence-electron chi connectivity index (χ0n) is 17.4. The lowest BCUT2D eigenvalue weighted by molar-refractivity contribution is -0.119. The maximum absolute atomic E-state index is 11.9. The average molecular weight is 410 g/mol. The van der Waals surface area contributed by atoms with Crippen LogP contribution >= 0.6 is 11.3 Å². The van der Waals surface area contributed by atoms with Gasteiger partial charge in [-0.2, -0.15) is 0 Å². The van der Waals surface area contributed by atoms with Crippen LogP contribution in [-0.4, -0.2) is 69.8 Å². The van der Waals surface area contributed by atoms with Crippen LogP contribution < -0.4 is 16.0 Å². The van der Waals surface area contributed by atoms with Gasteiger partial charge in [0.1, 0.15) is 6.54 Å². The SMILES string of the molecule is CCNC(=NCC(=O)NCCOC)NCC(c1cccs1)N1CCC(C)CC1. The smallest absolute Gasteiger partial charge is 0.241 e. The first-order valence-corrected chi connectivity index (χ1v) is 11.1. The van der Waals surface area contributed by atoms with Crippen molar-refractivity contribution in [2.75, 3.05) is 53.0 Å². The number of rotatable bonds is 10. The van der Waals surface area contributed by atoms with E-state index in [0.717, 1.165) is 32.1 Å². The molecule has 158 valence electrons. The second-order valence-corrected chi connectivity index (χ2v) is 8.15. The van der Waals surface area contributed by atoms with Crippen molar-refractivity contribution < 1.29 is 9.53 Å². The molecule has 0 spiro atoms. The molecule has 3 N–H and O–H groups in total. The lowest BCUT2D eigenvalue weighted by Gasteiger charge is -2.36. The third-order valence-electron chi connectivity index (χ3n) is 4.95. The van der Waals surface area contributed by atoms with Crippen molar-refractivity contribution in [2.45, 2.75) is 32.7 Å². The first-order valence-electron chi connectivity index (χ1n) is 10.2. The number of guanidine groups is 1. The third-order valence-corrected chi connectivity index (χ3v) is 5.92. The number of hydrogen-bond acceptors (Lipinski definition) is 5. The van der Waals surface area contributed by atoms with Gasteiger partial charge in [-0.25, -0.2) is 4.99 Å². The fourth-order valence-corrected chi connectivity index (χ4v) is 4.13. The van der Waals surface area contributed by atoms with Crippen LogP contribution in [0.15, 0.2) is 22.5 Å². The molecule has 1 atom stereocenters. The largest absolute Gasteiger partial charge is 0.383 e. The van der Waals surface area contributed by atoms with E-state index < -0.39 is 0 Å². The molecule has 1 aromatic rings. The van der Waals surface area contributed by atoms with Crippen LogP contribution in [0.1, 0.15) is 37.6 Å². The lowest BCUT2D eigenvalue weighted by Crippen LogP contribution is -2.45. The van der Waals surface area contributed by atoms with Crippen LogP contribution in [0.4, 0.5) is 0 Å². The second kappa shape index (κ2) is 12.7. The fourth-order valence-electron chi connectivity index (χ4n) is 3.27. The Labute approximate surface area is 172 Å². The van der Waals surface area contributed by atoms with Crippen molar-refractivity contribution in [3.63, 3.8) is 0 Å². The second-order valence-electron chi connectivity index (χ2n) is 7.17. The summed E-state index contributed by atoms with van der Waals surface area (Å²) in [5.41, 5.74) is 0. The van der Waals surface area contributed by atoms with Gasteiger partial charge in [0.15, 0.2) is 5.96 Å². The molecule has 2 rings (SSSR count). The van der Waals surface area contributed by atoms with E-state index in [1.165, 1.54) is 17.7 Å². The van der Waals surface area contributed by atoms with E-state index in [0.29, 0.717) is 25.2 Å². The molecule has 0 radical (unpaired) electrons. The standard InChI is InChI=1S/C20H35N5O2S/c1-4-21-20(24-15-19(26)22-9-12-27-3)23-14-17(18-6-5-13-28-18)25-10-7-16(2)8-11-25/h5-6,13,16-17H,4,7-12,14-15H2,1-3H3,(H,22,26)(H2,21,23,24). The van der Waals surface area contributed by atoms with E-state index in [2.05, 4.69) is 50.3 Å². The van der Waals surface area contributed by atoms with Crippen molar-refractivity contribution in [2.24, 2.45) is 10.9 Å². The van der Waals surface area contributed by atoms with Crippen LogP contribution in [0.2, 0.25) is 0 Å². The molecule has 1 saturated heterocycles. The van der Waals surface area contributed by atoms with Crippen molar-refractivity contribution in [1.82, 2.24) is 20.9 Å². The number of aliphatic imine (C=N–C) groups is 1. The van der Waals surface area contributed by atoms with E-state index in [4.69, 9.17) is 4.74 Å². The molecule has 0 aromatic carbocycles. The number of nitrogens with zero attached hydrogens (tertiary/aromatic N) is 2. The number of methoxy groups -OCH3 is 1. The highest BCUT2D eigenvalue weighted by atomic mass is 32.1. The predicted octanol–water partition coefficient (Wildman–Crippen LogP) is 1.84. The van der Waals surface area contributed by atoms with E-state index >= 15 is 0 Å². The Bertz CT molecular complexity index is 585. The number of carbonyl (C=O) groups excluding carboxylic acids is 1. The van der Waals surface area contributed by atoms with Gasteiger partial charge in [-0.05, 0) is 50.2 Å². The summed E-state index contributed by atoms with van der Waals surface area (Å²) < 4.78 is 4.94. The molecular formula is C20H35N5O2S. The summed E-state index contributed by atoms with van der Waals surface area (Å²) in [5, 5.41) is 11.6. The highest BCUT2D eigenvalue weighted by Crippen LogP contribution is 2.28. The minimum Gasteiger partial charge on any atom is -0.383 e. The molecule has 1 amide bonds. The molecule has 0 saturated carbocycles. The quantitative estimate of drug-likeness (QED) is 0.312. The Kier molecular flexibility index (Phi) is 10.3. The highest BCUT2D eigenvalue weighted by Gasteiger charge is 2.25. The number of piperidine rings is 1. The van der Waals surface area contributed by atoms with Gasteiger partial charge in [0, 0.05) is 31.6 Å². The molecule has 1 aliphatic rings.